The lowest BCUT2D eigenvalue weighted by Gasteiger charge is -2.20. The number of halogens is 4. The van der Waals surface area contributed by atoms with Gasteiger partial charge in [-0.2, -0.15) is 13.2 Å². The van der Waals surface area contributed by atoms with E-state index in [4.69, 9.17) is 17.3 Å². The summed E-state index contributed by atoms with van der Waals surface area (Å²) < 4.78 is 38.1. The highest BCUT2D eigenvalue weighted by molar-refractivity contribution is 6.31. The third-order valence-corrected chi connectivity index (χ3v) is 2.46. The molecule has 1 aromatic carbocycles. The normalized spacial score (nSPS) is 15.9. The molecule has 0 spiro atoms. The topological polar surface area (TPSA) is 46.2 Å². The summed E-state index contributed by atoms with van der Waals surface area (Å²) >= 11 is 5.49. The first kappa shape index (κ1) is 13.3. The number of rotatable bonds is 2. The molecule has 0 aliphatic rings. The Morgan fingerprint density at radius 2 is 1.94 bits per heavy atom. The molecule has 2 atom stereocenters. The van der Waals surface area contributed by atoms with E-state index in [1.165, 1.54) is 19.1 Å². The van der Waals surface area contributed by atoms with Gasteiger partial charge in [-0.1, -0.05) is 23.7 Å². The molecule has 0 heterocycles. The third-order valence-electron chi connectivity index (χ3n) is 2.15. The third kappa shape index (κ3) is 2.66. The molecule has 0 aliphatic carbocycles. The zero-order valence-corrected chi connectivity index (χ0v) is 9.18. The minimum absolute atomic E-state index is 0.296. The minimum atomic E-state index is -4.61. The highest BCUT2D eigenvalue weighted by atomic mass is 35.5. The molecule has 3 N–H and O–H groups in total. The average Bonchev–Trinajstić information content (AvgIpc) is 2.14. The van der Waals surface area contributed by atoms with Gasteiger partial charge in [0, 0.05) is 6.04 Å². The molecule has 0 fully saturated rings. The maximum absolute atomic E-state index is 12.7. The van der Waals surface area contributed by atoms with Gasteiger partial charge in [0.25, 0.3) is 0 Å². The molecule has 1 aromatic rings. The number of aliphatic hydroxyl groups excluding tert-OH is 1. The average molecular weight is 254 g/mol. The van der Waals surface area contributed by atoms with Crippen LogP contribution in [-0.2, 0) is 6.18 Å². The van der Waals surface area contributed by atoms with Gasteiger partial charge in [0.05, 0.1) is 16.7 Å². The largest absolute Gasteiger partial charge is 0.418 e. The number of nitrogens with two attached hydrogens (primary N) is 1. The Hall–Kier alpha value is -0.780. The van der Waals surface area contributed by atoms with Gasteiger partial charge < -0.3 is 10.8 Å². The van der Waals surface area contributed by atoms with Crippen LogP contribution in [0.2, 0.25) is 5.02 Å². The lowest BCUT2D eigenvalue weighted by molar-refractivity contribution is -0.139. The molecule has 0 radical (unpaired) electrons. The second-order valence-corrected chi connectivity index (χ2v) is 3.91. The second kappa shape index (κ2) is 4.61. The lowest BCUT2D eigenvalue weighted by Crippen LogP contribution is -2.26. The van der Waals surface area contributed by atoms with E-state index in [1.807, 2.05) is 0 Å². The van der Waals surface area contributed by atoms with Crippen molar-refractivity contribution in [3.63, 3.8) is 0 Å². The van der Waals surface area contributed by atoms with E-state index in [0.29, 0.717) is 0 Å². The summed E-state index contributed by atoms with van der Waals surface area (Å²) in [6.45, 7) is 1.42. The number of alkyl halides is 3. The van der Waals surface area contributed by atoms with Crippen LogP contribution in [0.25, 0.3) is 0 Å². The van der Waals surface area contributed by atoms with Gasteiger partial charge in [-0.25, -0.2) is 0 Å². The molecule has 0 amide bonds. The van der Waals surface area contributed by atoms with Crippen LogP contribution in [0.3, 0.4) is 0 Å². The fourth-order valence-electron chi connectivity index (χ4n) is 1.37. The van der Waals surface area contributed by atoms with Crippen LogP contribution in [-0.4, -0.2) is 11.1 Å². The standard InChI is InChI=1S/C10H11ClF3NO/c1-5(15)9(16)6-3-2-4-7(11)8(6)10(12,13)14/h2-5,9,16H,15H2,1H3/t5-,9-/m0/s1. The molecule has 16 heavy (non-hydrogen) atoms. The summed E-state index contributed by atoms with van der Waals surface area (Å²) in [6, 6.07) is 2.84. The summed E-state index contributed by atoms with van der Waals surface area (Å²) in [4.78, 5) is 0. The number of hydrogen-bond acceptors (Lipinski definition) is 2. The fraction of sp³-hybridized carbons (Fsp3) is 0.400. The molecular weight excluding hydrogens is 243 g/mol. The van der Waals surface area contributed by atoms with Crippen molar-refractivity contribution in [1.29, 1.82) is 0 Å². The van der Waals surface area contributed by atoms with E-state index in [-0.39, 0.29) is 5.56 Å². The first-order valence-corrected chi connectivity index (χ1v) is 4.92. The molecule has 0 saturated carbocycles. The Labute approximate surface area is 95.8 Å². The van der Waals surface area contributed by atoms with E-state index < -0.39 is 28.9 Å². The van der Waals surface area contributed by atoms with Crippen LogP contribution >= 0.6 is 11.6 Å². The quantitative estimate of drug-likeness (QED) is 0.851. The van der Waals surface area contributed by atoms with Crippen molar-refractivity contribution < 1.29 is 18.3 Å². The molecule has 0 unspecified atom stereocenters. The summed E-state index contributed by atoms with van der Waals surface area (Å²) in [5.41, 5.74) is 4.05. The predicted molar refractivity (Wildman–Crippen MR) is 55.1 cm³/mol. The van der Waals surface area contributed by atoms with Crippen molar-refractivity contribution in [1.82, 2.24) is 0 Å². The van der Waals surface area contributed by atoms with Gasteiger partial charge in [-0.05, 0) is 18.6 Å². The van der Waals surface area contributed by atoms with Crippen molar-refractivity contribution >= 4 is 11.6 Å². The number of hydrogen-bond donors (Lipinski definition) is 2. The van der Waals surface area contributed by atoms with Gasteiger partial charge in [0.1, 0.15) is 0 Å². The summed E-state index contributed by atoms with van der Waals surface area (Å²) in [7, 11) is 0. The summed E-state index contributed by atoms with van der Waals surface area (Å²) in [6.07, 6.45) is -6.00. The highest BCUT2D eigenvalue weighted by Gasteiger charge is 2.37. The Morgan fingerprint density at radius 3 is 2.38 bits per heavy atom. The molecule has 2 nitrogen and oxygen atoms in total. The van der Waals surface area contributed by atoms with Gasteiger partial charge in [-0.15, -0.1) is 0 Å². The van der Waals surface area contributed by atoms with E-state index in [2.05, 4.69) is 0 Å². The van der Waals surface area contributed by atoms with Crippen LogP contribution in [0.1, 0.15) is 24.2 Å². The van der Waals surface area contributed by atoms with Gasteiger partial charge in [0.2, 0.25) is 0 Å². The molecule has 0 aromatic heterocycles. The minimum Gasteiger partial charge on any atom is -0.387 e. The number of aliphatic hydroxyl groups is 1. The maximum atomic E-state index is 12.7. The smallest absolute Gasteiger partial charge is 0.387 e. The van der Waals surface area contributed by atoms with Crippen molar-refractivity contribution in [3.8, 4) is 0 Å². The van der Waals surface area contributed by atoms with Gasteiger partial charge >= 0.3 is 6.18 Å². The summed E-state index contributed by atoms with van der Waals surface area (Å²) in [5.74, 6) is 0. The van der Waals surface area contributed by atoms with E-state index in [0.717, 1.165) is 6.07 Å². The van der Waals surface area contributed by atoms with E-state index >= 15 is 0 Å². The van der Waals surface area contributed by atoms with Crippen molar-refractivity contribution in [2.75, 3.05) is 0 Å². The fourth-order valence-corrected chi connectivity index (χ4v) is 1.66. The Kier molecular flexibility index (Phi) is 3.83. The zero-order valence-electron chi connectivity index (χ0n) is 8.42. The molecule has 1 rings (SSSR count). The molecular formula is C10H11ClF3NO. The molecule has 0 aliphatic heterocycles. The SMILES string of the molecule is C[C@H](N)[C@H](O)c1cccc(Cl)c1C(F)(F)F. The number of benzene rings is 1. The summed E-state index contributed by atoms with van der Waals surface area (Å²) in [5, 5.41) is 9.14. The highest BCUT2D eigenvalue weighted by Crippen LogP contribution is 2.39. The molecule has 0 bridgehead atoms. The first-order valence-electron chi connectivity index (χ1n) is 4.54. The maximum Gasteiger partial charge on any atom is 0.418 e. The first-order chi connectivity index (χ1) is 7.25. The van der Waals surface area contributed by atoms with Gasteiger partial charge in [-0.3, -0.25) is 0 Å². The zero-order chi connectivity index (χ0) is 12.5. The second-order valence-electron chi connectivity index (χ2n) is 3.51. The van der Waals surface area contributed by atoms with Crippen LogP contribution in [0, 0.1) is 0 Å². The van der Waals surface area contributed by atoms with Gasteiger partial charge in [0.15, 0.2) is 0 Å². The van der Waals surface area contributed by atoms with Crippen molar-refractivity contribution in [3.05, 3.63) is 34.3 Å². The Bertz CT molecular complexity index is 379. The predicted octanol–water partition coefficient (Wildman–Crippen LogP) is 2.74. The van der Waals surface area contributed by atoms with Crippen LogP contribution < -0.4 is 5.73 Å². The van der Waals surface area contributed by atoms with Crippen LogP contribution in [0.15, 0.2) is 18.2 Å². The molecule has 90 valence electrons. The van der Waals surface area contributed by atoms with Crippen LogP contribution in [0.4, 0.5) is 13.2 Å². The van der Waals surface area contributed by atoms with E-state index in [9.17, 15) is 18.3 Å². The Morgan fingerprint density at radius 1 is 1.38 bits per heavy atom. The van der Waals surface area contributed by atoms with Crippen molar-refractivity contribution in [2.24, 2.45) is 5.73 Å². The van der Waals surface area contributed by atoms with Crippen LogP contribution in [0.5, 0.6) is 0 Å². The molecule has 0 saturated heterocycles. The monoisotopic (exact) mass is 253 g/mol. The van der Waals surface area contributed by atoms with Crippen molar-refractivity contribution in [2.45, 2.75) is 25.2 Å². The molecule has 6 heteroatoms. The van der Waals surface area contributed by atoms with E-state index in [1.54, 1.807) is 0 Å². The lowest BCUT2D eigenvalue weighted by atomic mass is 9.98. The Balaban J connectivity index is 3.35.